The van der Waals surface area contributed by atoms with E-state index in [2.05, 4.69) is 5.32 Å². The highest BCUT2D eigenvalue weighted by Gasteiger charge is 2.17. The Bertz CT molecular complexity index is 226. The van der Waals surface area contributed by atoms with E-state index in [0.717, 1.165) is 13.0 Å². The van der Waals surface area contributed by atoms with E-state index in [4.69, 9.17) is 4.74 Å². The van der Waals surface area contributed by atoms with Gasteiger partial charge in [-0.25, -0.2) is 8.42 Å². The Kier molecular flexibility index (Phi) is 7.13. The molecule has 0 amide bonds. The summed E-state index contributed by atoms with van der Waals surface area (Å²) in [6.07, 6.45) is 0.912. The SMILES string of the molecule is CCS(=O)(=O)C(C)CNCCCOC. The first kappa shape index (κ1) is 13.9. The molecular formula is C9H21NO3S. The van der Waals surface area contributed by atoms with Crippen LogP contribution < -0.4 is 5.32 Å². The molecule has 0 aliphatic rings. The summed E-state index contributed by atoms with van der Waals surface area (Å²) in [5.74, 6) is 0.216. The van der Waals surface area contributed by atoms with Crippen LogP contribution in [0.5, 0.6) is 0 Å². The van der Waals surface area contributed by atoms with Crippen LogP contribution in [-0.2, 0) is 14.6 Å². The molecule has 0 radical (unpaired) electrons. The number of hydrogen-bond acceptors (Lipinski definition) is 4. The zero-order chi connectivity index (χ0) is 11.0. The van der Waals surface area contributed by atoms with E-state index in [1.165, 1.54) is 0 Å². The van der Waals surface area contributed by atoms with E-state index in [1.807, 2.05) is 0 Å². The highest BCUT2D eigenvalue weighted by molar-refractivity contribution is 7.92. The Morgan fingerprint density at radius 2 is 2.07 bits per heavy atom. The second-order valence-corrected chi connectivity index (χ2v) is 6.02. The van der Waals surface area contributed by atoms with E-state index in [9.17, 15) is 8.42 Å². The van der Waals surface area contributed by atoms with E-state index in [0.29, 0.717) is 13.2 Å². The van der Waals surface area contributed by atoms with Crippen LogP contribution in [0, 0.1) is 0 Å². The fraction of sp³-hybridized carbons (Fsp3) is 1.00. The summed E-state index contributed by atoms with van der Waals surface area (Å²) in [7, 11) is -1.23. The molecule has 0 aliphatic carbocycles. The third-order valence-electron chi connectivity index (χ3n) is 2.15. The zero-order valence-corrected chi connectivity index (χ0v) is 10.1. The van der Waals surface area contributed by atoms with Crippen LogP contribution in [-0.4, -0.2) is 46.2 Å². The van der Waals surface area contributed by atoms with Crippen molar-refractivity contribution in [2.24, 2.45) is 0 Å². The van der Waals surface area contributed by atoms with Crippen molar-refractivity contribution in [1.82, 2.24) is 5.32 Å². The standard InChI is InChI=1S/C9H21NO3S/c1-4-14(11,12)9(2)8-10-6-5-7-13-3/h9-10H,4-8H2,1-3H3. The van der Waals surface area contributed by atoms with Crippen molar-refractivity contribution in [2.75, 3.05) is 32.6 Å². The summed E-state index contributed by atoms with van der Waals surface area (Å²) in [5, 5.41) is 2.80. The molecule has 0 heterocycles. The van der Waals surface area contributed by atoms with Gasteiger partial charge in [-0.3, -0.25) is 0 Å². The van der Waals surface area contributed by atoms with Gasteiger partial charge in [-0.05, 0) is 19.9 Å². The summed E-state index contributed by atoms with van der Waals surface area (Å²) in [5.41, 5.74) is 0. The smallest absolute Gasteiger partial charge is 0.153 e. The summed E-state index contributed by atoms with van der Waals surface area (Å²) < 4.78 is 27.6. The molecule has 1 atom stereocenters. The van der Waals surface area contributed by atoms with Gasteiger partial charge in [0.2, 0.25) is 0 Å². The van der Waals surface area contributed by atoms with Crippen molar-refractivity contribution in [1.29, 1.82) is 0 Å². The number of sulfone groups is 1. The van der Waals surface area contributed by atoms with Gasteiger partial charge in [0.15, 0.2) is 9.84 Å². The lowest BCUT2D eigenvalue weighted by molar-refractivity contribution is 0.194. The summed E-state index contributed by atoms with van der Waals surface area (Å²) in [6.45, 7) is 5.46. The fourth-order valence-corrected chi connectivity index (χ4v) is 2.00. The van der Waals surface area contributed by atoms with Gasteiger partial charge in [-0.15, -0.1) is 0 Å². The van der Waals surface area contributed by atoms with Gasteiger partial charge in [0.05, 0.1) is 5.25 Å². The molecule has 0 bridgehead atoms. The first-order valence-corrected chi connectivity index (χ1v) is 6.67. The van der Waals surface area contributed by atoms with Gasteiger partial charge in [-0.1, -0.05) is 6.92 Å². The number of ether oxygens (including phenoxy) is 1. The van der Waals surface area contributed by atoms with Crippen LogP contribution >= 0.6 is 0 Å². The maximum absolute atomic E-state index is 11.4. The van der Waals surface area contributed by atoms with Crippen LogP contribution in [0.2, 0.25) is 0 Å². The largest absolute Gasteiger partial charge is 0.385 e. The highest BCUT2D eigenvalue weighted by atomic mass is 32.2. The molecule has 14 heavy (non-hydrogen) atoms. The van der Waals surface area contributed by atoms with Crippen molar-refractivity contribution in [3.8, 4) is 0 Å². The molecule has 0 saturated heterocycles. The molecule has 86 valence electrons. The van der Waals surface area contributed by atoms with Crippen molar-refractivity contribution in [2.45, 2.75) is 25.5 Å². The number of hydrogen-bond donors (Lipinski definition) is 1. The summed E-state index contributed by atoms with van der Waals surface area (Å²) >= 11 is 0. The zero-order valence-electron chi connectivity index (χ0n) is 9.25. The van der Waals surface area contributed by atoms with E-state index in [-0.39, 0.29) is 11.0 Å². The molecule has 0 rings (SSSR count). The molecule has 0 aromatic heterocycles. The quantitative estimate of drug-likeness (QED) is 0.607. The Labute approximate surface area is 86.9 Å². The van der Waals surface area contributed by atoms with Crippen LogP contribution in [0.4, 0.5) is 0 Å². The number of methoxy groups -OCH3 is 1. The lowest BCUT2D eigenvalue weighted by Gasteiger charge is -2.12. The second kappa shape index (κ2) is 7.20. The minimum Gasteiger partial charge on any atom is -0.385 e. The topological polar surface area (TPSA) is 55.4 Å². The predicted octanol–water partition coefficient (Wildman–Crippen LogP) is 0.436. The van der Waals surface area contributed by atoms with Gasteiger partial charge in [0, 0.05) is 26.0 Å². The van der Waals surface area contributed by atoms with Crippen LogP contribution in [0.25, 0.3) is 0 Å². The Balaban J connectivity index is 3.59. The van der Waals surface area contributed by atoms with Crippen molar-refractivity contribution >= 4 is 9.84 Å². The lowest BCUT2D eigenvalue weighted by Crippen LogP contribution is -2.32. The molecule has 0 fully saturated rings. The third kappa shape index (κ3) is 5.57. The summed E-state index contributed by atoms with van der Waals surface area (Å²) in [6, 6.07) is 0. The number of rotatable bonds is 8. The Morgan fingerprint density at radius 3 is 2.57 bits per heavy atom. The average Bonchev–Trinajstić information content (AvgIpc) is 2.17. The molecule has 4 nitrogen and oxygen atoms in total. The van der Waals surface area contributed by atoms with Gasteiger partial charge in [0.25, 0.3) is 0 Å². The van der Waals surface area contributed by atoms with Gasteiger partial charge in [0.1, 0.15) is 0 Å². The second-order valence-electron chi connectivity index (χ2n) is 3.31. The minimum absolute atomic E-state index is 0.216. The first-order chi connectivity index (χ1) is 6.54. The molecule has 0 spiro atoms. The first-order valence-electron chi connectivity index (χ1n) is 4.95. The van der Waals surface area contributed by atoms with Gasteiger partial charge in [-0.2, -0.15) is 0 Å². The molecule has 0 saturated carbocycles. The van der Waals surface area contributed by atoms with Crippen molar-refractivity contribution in [3.63, 3.8) is 0 Å². The lowest BCUT2D eigenvalue weighted by atomic mass is 10.4. The predicted molar refractivity (Wildman–Crippen MR) is 58.3 cm³/mol. The normalized spacial score (nSPS) is 14.2. The molecule has 5 heteroatoms. The Morgan fingerprint density at radius 1 is 1.43 bits per heavy atom. The fourth-order valence-electron chi connectivity index (χ4n) is 1.06. The van der Waals surface area contributed by atoms with Gasteiger partial charge < -0.3 is 10.1 Å². The van der Waals surface area contributed by atoms with Crippen LogP contribution in [0.3, 0.4) is 0 Å². The van der Waals surface area contributed by atoms with Crippen molar-refractivity contribution in [3.05, 3.63) is 0 Å². The van der Waals surface area contributed by atoms with Crippen LogP contribution in [0.1, 0.15) is 20.3 Å². The molecule has 1 N–H and O–H groups in total. The number of nitrogens with one attached hydrogen (secondary N) is 1. The summed E-state index contributed by atoms with van der Waals surface area (Å²) in [4.78, 5) is 0. The third-order valence-corrected chi connectivity index (χ3v) is 4.35. The van der Waals surface area contributed by atoms with E-state index >= 15 is 0 Å². The average molecular weight is 223 g/mol. The van der Waals surface area contributed by atoms with Gasteiger partial charge >= 0.3 is 0 Å². The molecule has 0 aromatic carbocycles. The molecule has 1 unspecified atom stereocenters. The monoisotopic (exact) mass is 223 g/mol. The minimum atomic E-state index is -2.88. The van der Waals surface area contributed by atoms with E-state index in [1.54, 1.807) is 21.0 Å². The maximum atomic E-state index is 11.4. The van der Waals surface area contributed by atoms with E-state index < -0.39 is 9.84 Å². The molecular weight excluding hydrogens is 202 g/mol. The highest BCUT2D eigenvalue weighted by Crippen LogP contribution is 1.99. The Hall–Kier alpha value is -0.130. The maximum Gasteiger partial charge on any atom is 0.153 e. The van der Waals surface area contributed by atoms with Crippen molar-refractivity contribution < 1.29 is 13.2 Å². The molecule has 0 aromatic rings. The van der Waals surface area contributed by atoms with Crippen LogP contribution in [0.15, 0.2) is 0 Å². The molecule has 0 aliphatic heterocycles.